The van der Waals surface area contributed by atoms with Crippen molar-refractivity contribution in [3.63, 3.8) is 0 Å². The van der Waals surface area contributed by atoms with E-state index in [-0.39, 0.29) is 0 Å². The highest BCUT2D eigenvalue weighted by molar-refractivity contribution is 5.31. The number of likely N-dealkylation sites (N-methyl/N-ethyl adjacent to an activating group) is 1. The Kier molecular flexibility index (Phi) is 5.22. The lowest BCUT2D eigenvalue weighted by molar-refractivity contribution is 0.179. The Morgan fingerprint density at radius 3 is 2.40 bits per heavy atom. The van der Waals surface area contributed by atoms with E-state index in [0.717, 1.165) is 18.6 Å². The van der Waals surface area contributed by atoms with Crippen molar-refractivity contribution in [3.8, 4) is 0 Å². The molecule has 0 amide bonds. The summed E-state index contributed by atoms with van der Waals surface area (Å²) in [6.45, 7) is 10.2. The monoisotopic (exact) mass is 274 g/mol. The summed E-state index contributed by atoms with van der Waals surface area (Å²) in [5, 5.41) is 3.52. The molecule has 0 aromatic heterocycles. The standard InChI is InChI=1S/C18H30N2/c1-6-17-8-7-15(4)20(17)12-18(19-5)16-10-13(2)9-14(3)11-16/h9-11,15,17-19H,6-8,12H2,1-5H3. The Bertz CT molecular complexity index is 421. The van der Waals surface area contributed by atoms with Gasteiger partial charge in [0.15, 0.2) is 0 Å². The summed E-state index contributed by atoms with van der Waals surface area (Å²) >= 11 is 0. The molecular weight excluding hydrogens is 244 g/mol. The highest BCUT2D eigenvalue weighted by atomic mass is 15.2. The number of hydrogen-bond donors (Lipinski definition) is 1. The van der Waals surface area contributed by atoms with E-state index in [2.05, 4.69) is 63.2 Å². The van der Waals surface area contributed by atoms with Crippen molar-refractivity contribution >= 4 is 0 Å². The minimum absolute atomic E-state index is 0.434. The molecule has 0 bridgehead atoms. The van der Waals surface area contributed by atoms with Gasteiger partial charge in [-0.25, -0.2) is 0 Å². The van der Waals surface area contributed by atoms with Crippen molar-refractivity contribution in [1.29, 1.82) is 0 Å². The summed E-state index contributed by atoms with van der Waals surface area (Å²) in [6.07, 6.45) is 3.98. The predicted octanol–water partition coefficient (Wildman–Crippen LogP) is 3.83. The van der Waals surface area contributed by atoms with Gasteiger partial charge in [-0.1, -0.05) is 36.2 Å². The number of benzene rings is 1. The molecule has 1 heterocycles. The molecule has 0 saturated carbocycles. The summed E-state index contributed by atoms with van der Waals surface area (Å²) in [4.78, 5) is 2.71. The summed E-state index contributed by atoms with van der Waals surface area (Å²) in [5.74, 6) is 0. The number of aryl methyl sites for hydroxylation is 2. The van der Waals surface area contributed by atoms with Crippen LogP contribution in [0.5, 0.6) is 0 Å². The number of nitrogens with zero attached hydrogens (tertiary/aromatic N) is 1. The quantitative estimate of drug-likeness (QED) is 0.878. The van der Waals surface area contributed by atoms with Crippen LogP contribution in [0.1, 0.15) is 55.8 Å². The van der Waals surface area contributed by atoms with Gasteiger partial charge in [0.25, 0.3) is 0 Å². The lowest BCUT2D eigenvalue weighted by Gasteiger charge is -2.32. The van der Waals surface area contributed by atoms with Gasteiger partial charge in [-0.05, 0) is 52.6 Å². The Morgan fingerprint density at radius 1 is 1.20 bits per heavy atom. The van der Waals surface area contributed by atoms with E-state index in [4.69, 9.17) is 0 Å². The highest BCUT2D eigenvalue weighted by Gasteiger charge is 2.30. The lowest BCUT2D eigenvalue weighted by atomic mass is 10.0. The molecule has 3 unspecified atom stereocenters. The van der Waals surface area contributed by atoms with Crippen molar-refractivity contribution in [2.75, 3.05) is 13.6 Å². The van der Waals surface area contributed by atoms with Gasteiger partial charge >= 0.3 is 0 Å². The van der Waals surface area contributed by atoms with Crippen molar-refractivity contribution in [1.82, 2.24) is 10.2 Å². The largest absolute Gasteiger partial charge is 0.312 e. The molecule has 0 spiro atoms. The first kappa shape index (κ1) is 15.5. The Morgan fingerprint density at radius 2 is 1.85 bits per heavy atom. The molecule has 2 heteroatoms. The maximum atomic E-state index is 3.52. The minimum Gasteiger partial charge on any atom is -0.312 e. The molecule has 1 aromatic rings. The number of rotatable bonds is 5. The van der Waals surface area contributed by atoms with E-state index in [0.29, 0.717) is 6.04 Å². The van der Waals surface area contributed by atoms with E-state index in [9.17, 15) is 0 Å². The third kappa shape index (κ3) is 3.42. The van der Waals surface area contributed by atoms with Crippen molar-refractivity contribution in [3.05, 3.63) is 34.9 Å². The third-order valence-electron chi connectivity index (χ3n) is 4.81. The molecule has 2 nitrogen and oxygen atoms in total. The number of likely N-dealkylation sites (tertiary alicyclic amines) is 1. The van der Waals surface area contributed by atoms with Gasteiger partial charge in [0, 0.05) is 24.7 Å². The fourth-order valence-electron chi connectivity index (χ4n) is 3.68. The molecule has 2 rings (SSSR count). The number of nitrogens with one attached hydrogen (secondary N) is 1. The van der Waals surface area contributed by atoms with Crippen LogP contribution in [0.15, 0.2) is 18.2 Å². The fraction of sp³-hybridized carbons (Fsp3) is 0.667. The molecule has 3 atom stereocenters. The second-order valence-corrected chi connectivity index (χ2v) is 6.45. The molecule has 0 radical (unpaired) electrons. The van der Waals surface area contributed by atoms with E-state index in [1.165, 1.54) is 36.0 Å². The molecule has 1 saturated heterocycles. The average molecular weight is 274 g/mol. The smallest absolute Gasteiger partial charge is 0.0447 e. The van der Waals surface area contributed by atoms with Crippen LogP contribution in [0.4, 0.5) is 0 Å². The topological polar surface area (TPSA) is 15.3 Å². The van der Waals surface area contributed by atoms with Gasteiger partial charge in [-0.15, -0.1) is 0 Å². The molecular formula is C18H30N2. The zero-order valence-corrected chi connectivity index (χ0v) is 13.7. The van der Waals surface area contributed by atoms with Crippen LogP contribution in [0.25, 0.3) is 0 Å². The molecule has 1 aromatic carbocycles. The molecule has 1 aliphatic heterocycles. The first-order valence-electron chi connectivity index (χ1n) is 8.06. The summed E-state index contributed by atoms with van der Waals surface area (Å²) < 4.78 is 0. The van der Waals surface area contributed by atoms with Crippen LogP contribution in [-0.4, -0.2) is 30.6 Å². The fourth-order valence-corrected chi connectivity index (χ4v) is 3.68. The van der Waals surface area contributed by atoms with E-state index in [1.807, 2.05) is 0 Å². The Labute approximate surface area is 124 Å². The maximum absolute atomic E-state index is 3.52. The van der Waals surface area contributed by atoms with Gasteiger partial charge in [-0.2, -0.15) is 0 Å². The van der Waals surface area contributed by atoms with Crippen molar-refractivity contribution in [2.45, 2.75) is 65.1 Å². The van der Waals surface area contributed by atoms with Crippen molar-refractivity contribution in [2.24, 2.45) is 0 Å². The van der Waals surface area contributed by atoms with Gasteiger partial charge in [0.2, 0.25) is 0 Å². The molecule has 1 N–H and O–H groups in total. The maximum Gasteiger partial charge on any atom is 0.0447 e. The van der Waals surface area contributed by atoms with E-state index in [1.54, 1.807) is 0 Å². The summed E-state index contributed by atoms with van der Waals surface area (Å²) in [5.41, 5.74) is 4.16. The van der Waals surface area contributed by atoms with Crippen LogP contribution >= 0.6 is 0 Å². The zero-order chi connectivity index (χ0) is 14.7. The second-order valence-electron chi connectivity index (χ2n) is 6.45. The molecule has 112 valence electrons. The summed E-state index contributed by atoms with van der Waals surface area (Å²) in [7, 11) is 2.09. The highest BCUT2D eigenvalue weighted by Crippen LogP contribution is 2.29. The number of hydrogen-bond acceptors (Lipinski definition) is 2. The third-order valence-corrected chi connectivity index (χ3v) is 4.81. The first-order chi connectivity index (χ1) is 9.55. The predicted molar refractivity (Wildman–Crippen MR) is 87.2 cm³/mol. The van der Waals surface area contributed by atoms with E-state index < -0.39 is 0 Å². The second kappa shape index (κ2) is 6.73. The first-order valence-corrected chi connectivity index (χ1v) is 8.06. The Balaban J connectivity index is 2.15. The van der Waals surface area contributed by atoms with Crippen LogP contribution < -0.4 is 5.32 Å². The van der Waals surface area contributed by atoms with Crippen LogP contribution in [-0.2, 0) is 0 Å². The van der Waals surface area contributed by atoms with E-state index >= 15 is 0 Å². The van der Waals surface area contributed by atoms with Gasteiger partial charge in [0.1, 0.15) is 0 Å². The SMILES string of the molecule is CCC1CCC(C)N1CC(NC)c1cc(C)cc(C)c1. The van der Waals surface area contributed by atoms with Gasteiger partial charge < -0.3 is 5.32 Å². The van der Waals surface area contributed by atoms with Gasteiger partial charge in [-0.3, -0.25) is 4.90 Å². The molecule has 0 aliphatic carbocycles. The zero-order valence-electron chi connectivity index (χ0n) is 13.7. The van der Waals surface area contributed by atoms with Gasteiger partial charge in [0.05, 0.1) is 0 Å². The summed E-state index contributed by atoms with van der Waals surface area (Å²) in [6, 6.07) is 8.84. The van der Waals surface area contributed by atoms with Crippen LogP contribution in [0, 0.1) is 13.8 Å². The molecule has 20 heavy (non-hydrogen) atoms. The minimum atomic E-state index is 0.434. The molecule has 1 fully saturated rings. The van der Waals surface area contributed by atoms with Crippen molar-refractivity contribution < 1.29 is 0 Å². The van der Waals surface area contributed by atoms with Crippen LogP contribution in [0.3, 0.4) is 0 Å². The Hall–Kier alpha value is -0.860. The van der Waals surface area contributed by atoms with Crippen LogP contribution in [0.2, 0.25) is 0 Å². The average Bonchev–Trinajstić information content (AvgIpc) is 2.75. The lowest BCUT2D eigenvalue weighted by Crippen LogP contribution is -2.40. The normalized spacial score (nSPS) is 25.1. The molecule has 1 aliphatic rings.